The number of hydrogen-bond acceptors (Lipinski definition) is 6. The molecule has 0 saturated carbocycles. The normalized spacial score (nSPS) is 11.8. The summed E-state index contributed by atoms with van der Waals surface area (Å²) in [7, 11) is -4.45. The molecule has 0 radical (unpaired) electrons. The number of ether oxygens (including phenoxy) is 1. The van der Waals surface area contributed by atoms with Gasteiger partial charge in [-0.3, -0.25) is 13.9 Å². The number of hydrazone groups is 1. The Bertz CT molecular complexity index is 1430. The van der Waals surface area contributed by atoms with Crippen molar-refractivity contribution in [3.63, 3.8) is 0 Å². The highest BCUT2D eigenvalue weighted by Crippen LogP contribution is 2.38. The van der Waals surface area contributed by atoms with Crippen molar-refractivity contribution in [2.24, 2.45) is 10.8 Å². The molecule has 0 fully saturated rings. The summed E-state index contributed by atoms with van der Waals surface area (Å²) < 4.78 is 72.5. The predicted molar refractivity (Wildman–Crippen MR) is 134 cm³/mol. The molecule has 0 aromatic heterocycles. The number of hydrogen-bond donors (Lipinski definition) is 2. The minimum atomic E-state index is -4.86. The molecule has 38 heavy (non-hydrogen) atoms. The summed E-state index contributed by atoms with van der Waals surface area (Å²) >= 11 is 5.68. The van der Waals surface area contributed by atoms with Crippen molar-refractivity contribution in [1.29, 1.82) is 0 Å². The molecular formula is C24H20ClF3N4O5S. The van der Waals surface area contributed by atoms with Crippen molar-refractivity contribution in [3.8, 4) is 5.75 Å². The van der Waals surface area contributed by atoms with Crippen LogP contribution in [0.1, 0.15) is 11.1 Å². The summed E-state index contributed by atoms with van der Waals surface area (Å²) in [6.45, 7) is -1.18. The second kappa shape index (κ2) is 12.0. The lowest BCUT2D eigenvalue weighted by Gasteiger charge is -2.24. The molecule has 14 heteroatoms. The molecule has 3 rings (SSSR count). The standard InChI is InChI=1S/C24H20ClF3N4O5S/c25-21-11-8-17(12-20(21)24(26,27)28)32(38(35,36)19-4-2-1-3-5-19)14-23(34)31-30-13-16-6-9-18(10-7-16)37-15-22(29)33/h1-13H,14-15H2,(H2,29,33)(H,31,34)/b30-13+. The SMILES string of the molecule is NC(=O)COc1ccc(/C=N/NC(=O)CN(c2ccc(Cl)c(C(F)(F)F)c2)S(=O)(=O)c2ccccc2)cc1. The zero-order valence-electron chi connectivity index (χ0n) is 19.4. The lowest BCUT2D eigenvalue weighted by molar-refractivity contribution is -0.137. The van der Waals surface area contributed by atoms with E-state index in [1.54, 1.807) is 18.2 Å². The average Bonchev–Trinajstić information content (AvgIpc) is 2.87. The average molecular weight is 569 g/mol. The highest BCUT2D eigenvalue weighted by atomic mass is 35.5. The van der Waals surface area contributed by atoms with Gasteiger partial charge in [-0.05, 0) is 60.2 Å². The van der Waals surface area contributed by atoms with Gasteiger partial charge in [0.1, 0.15) is 12.3 Å². The highest BCUT2D eigenvalue weighted by Gasteiger charge is 2.35. The molecule has 3 aromatic carbocycles. The van der Waals surface area contributed by atoms with Gasteiger partial charge in [-0.25, -0.2) is 13.8 Å². The smallest absolute Gasteiger partial charge is 0.417 e. The molecule has 0 aliphatic rings. The Labute approximate surface area is 220 Å². The molecule has 0 heterocycles. The number of rotatable bonds is 10. The van der Waals surface area contributed by atoms with Gasteiger partial charge in [-0.2, -0.15) is 18.3 Å². The van der Waals surface area contributed by atoms with E-state index in [4.69, 9.17) is 22.1 Å². The Hall–Kier alpha value is -4.10. The lowest BCUT2D eigenvalue weighted by Crippen LogP contribution is -2.39. The van der Waals surface area contributed by atoms with E-state index in [1.807, 2.05) is 0 Å². The Balaban J connectivity index is 1.82. The first kappa shape index (κ1) is 28.5. The Morgan fingerprint density at radius 2 is 1.71 bits per heavy atom. The van der Waals surface area contributed by atoms with E-state index in [1.165, 1.54) is 42.6 Å². The fourth-order valence-electron chi connectivity index (χ4n) is 3.07. The number of nitrogens with one attached hydrogen (secondary N) is 1. The monoisotopic (exact) mass is 568 g/mol. The van der Waals surface area contributed by atoms with Crippen molar-refractivity contribution in [2.45, 2.75) is 11.1 Å². The minimum Gasteiger partial charge on any atom is -0.484 e. The number of alkyl halides is 3. The van der Waals surface area contributed by atoms with E-state index in [2.05, 4.69) is 10.5 Å². The van der Waals surface area contributed by atoms with Crippen LogP contribution in [0.4, 0.5) is 18.9 Å². The quantitative estimate of drug-likeness (QED) is 0.285. The summed E-state index contributed by atoms with van der Waals surface area (Å²) in [6.07, 6.45) is -3.61. The van der Waals surface area contributed by atoms with Crippen LogP contribution in [0.25, 0.3) is 0 Å². The molecule has 3 aromatic rings. The van der Waals surface area contributed by atoms with E-state index in [-0.39, 0.29) is 11.5 Å². The third-order valence-electron chi connectivity index (χ3n) is 4.83. The molecule has 200 valence electrons. The van der Waals surface area contributed by atoms with Crippen LogP contribution in [-0.4, -0.2) is 39.6 Å². The number of halogens is 4. The molecular weight excluding hydrogens is 549 g/mol. The minimum absolute atomic E-state index is 0.238. The molecule has 3 N–H and O–H groups in total. The second-order valence-corrected chi connectivity index (χ2v) is 9.87. The highest BCUT2D eigenvalue weighted by molar-refractivity contribution is 7.92. The van der Waals surface area contributed by atoms with Crippen LogP contribution in [-0.2, 0) is 25.8 Å². The summed E-state index contributed by atoms with van der Waals surface area (Å²) in [6, 6.07) is 15.6. The fourth-order valence-corrected chi connectivity index (χ4v) is 4.73. The molecule has 2 amide bonds. The van der Waals surface area contributed by atoms with Crippen molar-refractivity contribution in [3.05, 3.63) is 88.9 Å². The Morgan fingerprint density at radius 1 is 1.05 bits per heavy atom. The molecule has 0 bridgehead atoms. The van der Waals surface area contributed by atoms with Crippen LogP contribution in [0.3, 0.4) is 0 Å². The number of primary amides is 1. The number of carbonyl (C=O) groups excluding carboxylic acids is 2. The van der Waals surface area contributed by atoms with Gasteiger partial charge in [0.2, 0.25) is 0 Å². The van der Waals surface area contributed by atoms with E-state index in [0.29, 0.717) is 21.7 Å². The van der Waals surface area contributed by atoms with Gasteiger partial charge in [-0.1, -0.05) is 29.8 Å². The maximum absolute atomic E-state index is 13.4. The van der Waals surface area contributed by atoms with Crippen molar-refractivity contribution in [2.75, 3.05) is 17.5 Å². The van der Waals surface area contributed by atoms with Crippen molar-refractivity contribution < 1.29 is 35.9 Å². The molecule has 0 spiro atoms. The third kappa shape index (κ3) is 7.46. The van der Waals surface area contributed by atoms with Gasteiger partial charge in [0, 0.05) is 0 Å². The lowest BCUT2D eigenvalue weighted by atomic mass is 10.2. The predicted octanol–water partition coefficient (Wildman–Crippen LogP) is 3.57. The zero-order valence-corrected chi connectivity index (χ0v) is 20.9. The van der Waals surface area contributed by atoms with Crippen molar-refractivity contribution >= 4 is 45.3 Å². The van der Waals surface area contributed by atoms with Crippen LogP contribution < -0.4 is 20.2 Å². The molecule has 0 saturated heterocycles. The van der Waals surface area contributed by atoms with Crippen molar-refractivity contribution in [1.82, 2.24) is 5.43 Å². The molecule has 0 unspecified atom stereocenters. The van der Waals surface area contributed by atoms with Gasteiger partial charge >= 0.3 is 6.18 Å². The van der Waals surface area contributed by atoms with Gasteiger partial charge in [0.25, 0.3) is 21.8 Å². The molecule has 9 nitrogen and oxygen atoms in total. The van der Waals surface area contributed by atoms with Crippen LogP contribution in [0, 0.1) is 0 Å². The maximum atomic E-state index is 13.4. The first-order valence-electron chi connectivity index (χ1n) is 10.7. The van der Waals surface area contributed by atoms with Crippen LogP contribution in [0.15, 0.2) is 82.8 Å². The number of nitrogens with two attached hydrogens (primary N) is 1. The summed E-state index contributed by atoms with van der Waals surface area (Å²) in [5, 5.41) is 3.13. The summed E-state index contributed by atoms with van der Waals surface area (Å²) in [5.74, 6) is -1.20. The van der Waals surface area contributed by atoms with E-state index in [0.717, 1.165) is 12.1 Å². The van der Waals surface area contributed by atoms with Crippen LogP contribution in [0.5, 0.6) is 5.75 Å². The topological polar surface area (TPSA) is 131 Å². The van der Waals surface area contributed by atoms with E-state index >= 15 is 0 Å². The number of carbonyl (C=O) groups is 2. The second-order valence-electron chi connectivity index (χ2n) is 7.60. The van der Waals surface area contributed by atoms with Gasteiger partial charge in [0.05, 0.1) is 27.4 Å². The Morgan fingerprint density at radius 3 is 2.32 bits per heavy atom. The van der Waals surface area contributed by atoms with Gasteiger partial charge in [0.15, 0.2) is 6.61 Å². The molecule has 0 aliphatic carbocycles. The van der Waals surface area contributed by atoms with E-state index < -0.39 is 50.8 Å². The van der Waals surface area contributed by atoms with E-state index in [9.17, 15) is 31.2 Å². The first-order valence-corrected chi connectivity index (χ1v) is 12.5. The number of nitrogens with zero attached hydrogens (tertiary/aromatic N) is 2. The molecule has 0 atom stereocenters. The zero-order chi connectivity index (χ0) is 27.9. The van der Waals surface area contributed by atoms with Gasteiger partial charge in [-0.15, -0.1) is 0 Å². The summed E-state index contributed by atoms with van der Waals surface area (Å²) in [4.78, 5) is 23.1. The largest absolute Gasteiger partial charge is 0.484 e. The number of amides is 2. The molecule has 0 aliphatic heterocycles. The number of benzene rings is 3. The summed E-state index contributed by atoms with van der Waals surface area (Å²) in [5.41, 5.74) is 5.99. The fraction of sp³-hybridized carbons (Fsp3) is 0.125. The first-order chi connectivity index (χ1) is 17.9. The van der Waals surface area contributed by atoms with Crippen LogP contribution >= 0.6 is 11.6 Å². The maximum Gasteiger partial charge on any atom is 0.417 e. The van der Waals surface area contributed by atoms with Crippen LogP contribution in [0.2, 0.25) is 5.02 Å². The number of sulfonamides is 1. The number of anilines is 1. The third-order valence-corrected chi connectivity index (χ3v) is 6.94. The Kier molecular flexibility index (Phi) is 8.96. The van der Waals surface area contributed by atoms with Gasteiger partial charge < -0.3 is 10.5 Å².